The second-order valence-corrected chi connectivity index (χ2v) is 21.5. The third-order valence-electron chi connectivity index (χ3n) is 6.90. The van der Waals surface area contributed by atoms with Crippen molar-refractivity contribution >= 4 is 71.3 Å². The van der Waals surface area contributed by atoms with Crippen molar-refractivity contribution in [1.82, 2.24) is 9.55 Å². The second-order valence-electron chi connectivity index (χ2n) is 16.3. The van der Waals surface area contributed by atoms with Crippen LogP contribution in [-0.4, -0.2) is 85.9 Å². The standard InChI is InChI=1S/C34H55FN3O11PS3/c1-21-22(20-47-50(44,45-16-18-51-26(39)31(2,3)4)46-17-19-52-27(40)32(5,6)7)53-25(24(21)35)37-15-14-23(36-28(37)41)38(29(42)48-33(8,9)10)30(43)49-34(11,12)13/h14-15,21-22,24-25H,16-20H2,1-13H3/t21-,22-,24+,25-/m1/s1. The van der Waals surface area contributed by atoms with Gasteiger partial charge >= 0.3 is 25.7 Å². The zero-order valence-electron chi connectivity index (χ0n) is 32.9. The van der Waals surface area contributed by atoms with Gasteiger partial charge in [0, 0.05) is 39.7 Å². The first-order valence-corrected chi connectivity index (χ1v) is 21.4. The highest BCUT2D eigenvalue weighted by Gasteiger charge is 2.45. The van der Waals surface area contributed by atoms with Gasteiger partial charge in [-0.15, -0.1) is 11.8 Å². The van der Waals surface area contributed by atoms with Gasteiger partial charge in [-0.25, -0.2) is 23.3 Å². The molecule has 1 saturated heterocycles. The molecule has 0 aliphatic carbocycles. The number of thioether (sulfide) groups is 3. The lowest BCUT2D eigenvalue weighted by Gasteiger charge is -2.28. The molecule has 0 saturated carbocycles. The van der Waals surface area contributed by atoms with Crippen LogP contribution in [-0.2, 0) is 37.2 Å². The summed E-state index contributed by atoms with van der Waals surface area (Å²) in [5.41, 5.74) is -4.09. The molecule has 53 heavy (non-hydrogen) atoms. The number of imide groups is 1. The first kappa shape index (κ1) is 47.2. The summed E-state index contributed by atoms with van der Waals surface area (Å²) in [4.78, 5) is 68.4. The Morgan fingerprint density at radius 2 is 1.30 bits per heavy atom. The molecular weight excluding hydrogens is 773 g/mol. The lowest BCUT2D eigenvalue weighted by Crippen LogP contribution is -2.45. The van der Waals surface area contributed by atoms with E-state index in [4.69, 9.17) is 23.0 Å². The number of hydrogen-bond donors (Lipinski definition) is 0. The van der Waals surface area contributed by atoms with E-state index < -0.39 is 70.4 Å². The minimum absolute atomic E-state index is 0.0776. The predicted octanol–water partition coefficient (Wildman–Crippen LogP) is 8.28. The maximum Gasteiger partial charge on any atom is 0.474 e. The zero-order valence-corrected chi connectivity index (χ0v) is 36.2. The molecule has 302 valence electrons. The van der Waals surface area contributed by atoms with Crippen LogP contribution < -0.4 is 10.6 Å². The van der Waals surface area contributed by atoms with Crippen molar-refractivity contribution in [2.75, 3.05) is 36.2 Å². The van der Waals surface area contributed by atoms with Gasteiger partial charge in [0.1, 0.15) is 22.7 Å². The van der Waals surface area contributed by atoms with Crippen molar-refractivity contribution in [3.05, 3.63) is 22.7 Å². The van der Waals surface area contributed by atoms with E-state index >= 15 is 4.39 Å². The molecule has 1 aliphatic heterocycles. The van der Waals surface area contributed by atoms with Crippen molar-refractivity contribution in [3.63, 3.8) is 0 Å². The summed E-state index contributed by atoms with van der Waals surface area (Å²) in [6.45, 7) is 21.4. The number of phosphoric acid groups is 1. The van der Waals surface area contributed by atoms with E-state index in [2.05, 4.69) is 4.98 Å². The van der Waals surface area contributed by atoms with Gasteiger partial charge < -0.3 is 9.47 Å². The van der Waals surface area contributed by atoms with Gasteiger partial charge in [-0.2, -0.15) is 9.88 Å². The molecule has 2 rings (SSSR count). The maximum absolute atomic E-state index is 15.8. The number of carbonyl (C=O) groups is 4. The number of hydrogen-bond acceptors (Lipinski definition) is 15. The van der Waals surface area contributed by atoms with Crippen LogP contribution in [0.25, 0.3) is 0 Å². The Bertz CT molecular complexity index is 1500. The molecule has 19 heteroatoms. The third kappa shape index (κ3) is 15.2. The van der Waals surface area contributed by atoms with Crippen molar-refractivity contribution < 1.29 is 51.2 Å². The van der Waals surface area contributed by atoms with Gasteiger partial charge in [0.05, 0.1) is 19.8 Å². The van der Waals surface area contributed by atoms with Crippen LogP contribution in [0.1, 0.15) is 95.4 Å². The van der Waals surface area contributed by atoms with Gasteiger partial charge in [-0.3, -0.25) is 27.7 Å². The van der Waals surface area contributed by atoms with Crippen LogP contribution in [0.4, 0.5) is 19.8 Å². The molecule has 0 spiro atoms. The van der Waals surface area contributed by atoms with Crippen molar-refractivity contribution in [3.8, 4) is 0 Å². The van der Waals surface area contributed by atoms with Crippen LogP contribution >= 0.6 is 43.1 Å². The number of nitrogens with zero attached hydrogens (tertiary/aromatic N) is 3. The molecule has 2 heterocycles. The minimum atomic E-state index is -4.25. The molecule has 0 aromatic carbocycles. The van der Waals surface area contributed by atoms with Crippen molar-refractivity contribution in [2.45, 2.75) is 118 Å². The third-order valence-corrected chi connectivity index (χ3v) is 12.5. The molecule has 0 radical (unpaired) electrons. The maximum atomic E-state index is 15.8. The molecule has 1 aromatic heterocycles. The summed E-state index contributed by atoms with van der Waals surface area (Å²) >= 11 is 3.09. The number of aromatic nitrogens is 2. The predicted molar refractivity (Wildman–Crippen MR) is 207 cm³/mol. The number of alkyl halides is 1. The normalized spacial score (nSPS) is 19.9. The van der Waals surface area contributed by atoms with Gasteiger partial charge in [-0.05, 0) is 47.6 Å². The lowest BCUT2D eigenvalue weighted by molar-refractivity contribution is -0.118. The van der Waals surface area contributed by atoms with Gasteiger partial charge in [0.15, 0.2) is 16.0 Å². The van der Waals surface area contributed by atoms with Crippen LogP contribution in [0.15, 0.2) is 17.1 Å². The molecule has 1 fully saturated rings. The molecule has 1 aromatic rings. The van der Waals surface area contributed by atoms with E-state index in [1.165, 1.54) is 12.3 Å². The van der Waals surface area contributed by atoms with Crippen LogP contribution in [0.5, 0.6) is 0 Å². The Labute approximate surface area is 324 Å². The SMILES string of the molecule is C[C@H]1[C@H](F)[C@H](n2ccc(N(C(=O)OC(C)(C)C)C(=O)OC(C)(C)C)nc2=O)S[C@@H]1COP(=O)(OCCSC(=O)C(C)(C)C)OCCSC(=O)C(C)(C)C. The Kier molecular flexibility index (Phi) is 16.7. The average Bonchev–Trinajstić information content (AvgIpc) is 3.26. The number of carbonyl (C=O) groups excluding carboxylic acids is 4. The molecule has 0 bridgehead atoms. The van der Waals surface area contributed by atoms with Gasteiger partial charge in [-0.1, -0.05) is 72.0 Å². The number of rotatable bonds is 13. The van der Waals surface area contributed by atoms with Gasteiger partial charge in [0.2, 0.25) is 0 Å². The number of ether oxygens (including phenoxy) is 2. The number of anilines is 1. The second kappa shape index (κ2) is 18.8. The van der Waals surface area contributed by atoms with E-state index in [-0.39, 0.29) is 47.4 Å². The molecule has 4 atom stereocenters. The Balaban J connectivity index is 2.24. The Morgan fingerprint density at radius 3 is 1.70 bits per heavy atom. The topological polar surface area (TPSA) is 170 Å². The van der Waals surface area contributed by atoms with E-state index in [9.17, 15) is 28.5 Å². The zero-order chi connectivity index (χ0) is 40.7. The number of halogens is 1. The summed E-state index contributed by atoms with van der Waals surface area (Å²) in [7, 11) is -4.25. The molecule has 14 nitrogen and oxygen atoms in total. The van der Waals surface area contributed by atoms with Crippen molar-refractivity contribution in [1.29, 1.82) is 0 Å². The van der Waals surface area contributed by atoms with E-state index in [1.54, 1.807) is 90.0 Å². The monoisotopic (exact) mass is 827 g/mol. The molecule has 0 unspecified atom stereocenters. The summed E-state index contributed by atoms with van der Waals surface area (Å²) in [6, 6.07) is 1.21. The lowest BCUT2D eigenvalue weighted by atomic mass is 9.99. The smallest absolute Gasteiger partial charge is 0.443 e. The van der Waals surface area contributed by atoms with Crippen LogP contribution in [0.3, 0.4) is 0 Å². The van der Waals surface area contributed by atoms with E-state index in [0.29, 0.717) is 4.90 Å². The molecular formula is C34H55FN3O11PS3. The highest BCUT2D eigenvalue weighted by molar-refractivity contribution is 8.14. The Morgan fingerprint density at radius 1 is 0.849 bits per heavy atom. The van der Waals surface area contributed by atoms with Crippen LogP contribution in [0, 0.1) is 16.7 Å². The van der Waals surface area contributed by atoms with E-state index in [1.807, 2.05) is 0 Å². The summed E-state index contributed by atoms with van der Waals surface area (Å²) in [6.07, 6.45) is -2.61. The highest BCUT2D eigenvalue weighted by Crippen LogP contribution is 2.53. The molecule has 1 aliphatic rings. The largest absolute Gasteiger partial charge is 0.474 e. The minimum Gasteiger partial charge on any atom is -0.443 e. The summed E-state index contributed by atoms with van der Waals surface area (Å²) in [5, 5.41) is -1.88. The van der Waals surface area contributed by atoms with E-state index in [0.717, 1.165) is 39.9 Å². The molecule has 0 N–H and O–H groups in total. The Hall–Kier alpha value is -1.95. The van der Waals surface area contributed by atoms with Crippen LogP contribution in [0.2, 0.25) is 0 Å². The fraction of sp³-hybridized carbons (Fsp3) is 0.765. The number of amides is 2. The van der Waals surface area contributed by atoms with Crippen molar-refractivity contribution in [2.24, 2.45) is 16.7 Å². The number of phosphoric ester groups is 1. The first-order chi connectivity index (χ1) is 24.0. The highest BCUT2D eigenvalue weighted by atomic mass is 32.2. The quantitative estimate of drug-likeness (QED) is 0.137. The summed E-state index contributed by atoms with van der Waals surface area (Å²) in [5.74, 6) is -0.720. The fourth-order valence-corrected chi connectivity index (χ4v) is 8.83. The molecule has 2 amide bonds. The first-order valence-electron chi connectivity index (χ1n) is 17.1. The summed E-state index contributed by atoms with van der Waals surface area (Å²) < 4.78 is 58.1. The van der Waals surface area contributed by atoms with Gasteiger partial charge in [0.25, 0.3) is 0 Å². The average molecular weight is 828 g/mol. The fourth-order valence-electron chi connectivity index (χ4n) is 4.13.